The topological polar surface area (TPSA) is 27.1 Å². The first-order chi connectivity index (χ1) is 10.0. The van der Waals surface area contributed by atoms with Crippen LogP contribution in [0.25, 0.3) is 0 Å². The highest BCUT2D eigenvalue weighted by Gasteiger charge is 2.13. The molecule has 2 aromatic rings. The summed E-state index contributed by atoms with van der Waals surface area (Å²) in [5, 5.41) is 0.797. The third-order valence-electron chi connectivity index (χ3n) is 3.33. The minimum absolute atomic E-state index is 0.340. The molecule has 0 fully saturated rings. The summed E-state index contributed by atoms with van der Waals surface area (Å²) in [5.41, 5.74) is 2.35. The van der Waals surface area contributed by atoms with Gasteiger partial charge in [-0.1, -0.05) is 23.9 Å². The molecule has 21 heavy (non-hydrogen) atoms. The summed E-state index contributed by atoms with van der Waals surface area (Å²) in [4.78, 5) is 4.48. The highest BCUT2D eigenvalue weighted by atomic mass is 32.2. The van der Waals surface area contributed by atoms with Crippen LogP contribution in [-0.4, -0.2) is 23.3 Å². The molecule has 0 spiro atoms. The zero-order valence-electron chi connectivity index (χ0n) is 12.3. The van der Waals surface area contributed by atoms with Crippen LogP contribution in [0.5, 0.6) is 0 Å². The molecule has 2 rings (SSSR count). The van der Waals surface area contributed by atoms with Gasteiger partial charge in [-0.25, -0.2) is 13.8 Å². The summed E-state index contributed by atoms with van der Waals surface area (Å²) in [7, 11) is 1.65. The minimum Gasteiger partial charge on any atom is -0.383 e. The molecule has 1 heterocycles. The monoisotopic (exact) mass is 312 g/mol. The second kappa shape index (κ2) is 7.04. The molecule has 0 saturated carbocycles. The van der Waals surface area contributed by atoms with E-state index in [0.29, 0.717) is 24.5 Å². The maximum absolute atomic E-state index is 13.7. The van der Waals surface area contributed by atoms with Crippen LogP contribution in [0.2, 0.25) is 0 Å². The number of rotatable bonds is 6. The molecule has 0 aliphatic heterocycles. The van der Waals surface area contributed by atoms with Gasteiger partial charge >= 0.3 is 0 Å². The van der Waals surface area contributed by atoms with E-state index in [4.69, 9.17) is 4.74 Å². The third-order valence-corrected chi connectivity index (χ3v) is 4.36. The fourth-order valence-electron chi connectivity index (χ4n) is 1.98. The lowest BCUT2D eigenvalue weighted by molar-refractivity contribution is 0.184. The highest BCUT2D eigenvalue weighted by molar-refractivity contribution is 7.98. The molecule has 1 aromatic carbocycles. The zero-order valence-corrected chi connectivity index (χ0v) is 13.1. The van der Waals surface area contributed by atoms with Crippen LogP contribution in [0.4, 0.5) is 8.78 Å². The van der Waals surface area contributed by atoms with Gasteiger partial charge in [0, 0.05) is 30.7 Å². The summed E-state index contributed by atoms with van der Waals surface area (Å²) in [5.74, 6) is -1.26. The van der Waals surface area contributed by atoms with E-state index >= 15 is 0 Å². The van der Waals surface area contributed by atoms with E-state index in [1.165, 1.54) is 17.8 Å². The van der Waals surface area contributed by atoms with E-state index in [1.807, 2.05) is 18.4 Å². The van der Waals surface area contributed by atoms with Crippen molar-refractivity contribution < 1.29 is 13.5 Å². The Morgan fingerprint density at radius 1 is 1.29 bits per heavy atom. The first-order valence-electron chi connectivity index (χ1n) is 6.63. The van der Waals surface area contributed by atoms with E-state index in [9.17, 15) is 8.78 Å². The smallest absolute Gasteiger partial charge is 0.168 e. The van der Waals surface area contributed by atoms with Crippen molar-refractivity contribution in [3.8, 4) is 0 Å². The Labute approximate surface area is 127 Å². The molecule has 3 nitrogen and oxygen atoms in total. The van der Waals surface area contributed by atoms with Crippen molar-refractivity contribution >= 4 is 11.8 Å². The molecule has 0 atom stereocenters. The number of hydrogen-bond donors (Lipinski definition) is 0. The van der Waals surface area contributed by atoms with E-state index in [0.717, 1.165) is 22.6 Å². The number of imidazole rings is 1. The molecule has 0 amide bonds. The molecule has 0 saturated heterocycles. The van der Waals surface area contributed by atoms with Gasteiger partial charge in [0.2, 0.25) is 0 Å². The number of thioether (sulfide) groups is 1. The van der Waals surface area contributed by atoms with Gasteiger partial charge in [-0.05, 0) is 19.9 Å². The summed E-state index contributed by atoms with van der Waals surface area (Å²) in [6, 6.07) is 4.23. The van der Waals surface area contributed by atoms with Crippen LogP contribution in [-0.2, 0) is 17.0 Å². The molecule has 0 unspecified atom stereocenters. The molecule has 0 aliphatic rings. The predicted molar refractivity (Wildman–Crippen MR) is 79.5 cm³/mol. The Balaban J connectivity index is 2.16. The van der Waals surface area contributed by atoms with Crippen molar-refractivity contribution in [2.24, 2.45) is 0 Å². The number of ether oxygens (including phenoxy) is 1. The Kier molecular flexibility index (Phi) is 5.36. The number of methoxy groups -OCH3 is 1. The van der Waals surface area contributed by atoms with E-state index in [-0.39, 0.29) is 0 Å². The molecule has 6 heteroatoms. The molecular formula is C15H18F2N2OS. The van der Waals surface area contributed by atoms with Crippen LogP contribution in [0.15, 0.2) is 23.4 Å². The van der Waals surface area contributed by atoms with Crippen LogP contribution >= 0.6 is 11.8 Å². The second-order valence-corrected chi connectivity index (χ2v) is 5.65. The van der Waals surface area contributed by atoms with Gasteiger partial charge in [0.25, 0.3) is 0 Å². The van der Waals surface area contributed by atoms with Crippen LogP contribution < -0.4 is 0 Å². The van der Waals surface area contributed by atoms with E-state index < -0.39 is 11.6 Å². The standard InChI is InChI=1S/C15H18F2N2OS/c1-10-11(2)19(7-8-20-3)15(18-10)21-9-12-5-4-6-13(16)14(12)17/h4-6H,7-9H2,1-3H3. The average molecular weight is 312 g/mol. The van der Waals surface area contributed by atoms with Gasteiger partial charge in [-0.2, -0.15) is 0 Å². The molecule has 0 radical (unpaired) electrons. The molecule has 114 valence electrons. The van der Waals surface area contributed by atoms with E-state index in [1.54, 1.807) is 13.2 Å². The fourth-order valence-corrected chi connectivity index (χ4v) is 3.07. The van der Waals surface area contributed by atoms with Gasteiger partial charge in [-0.3, -0.25) is 0 Å². The second-order valence-electron chi connectivity index (χ2n) is 4.71. The number of nitrogens with zero attached hydrogens (tertiary/aromatic N) is 2. The summed E-state index contributed by atoms with van der Waals surface area (Å²) < 4.78 is 34.0. The lowest BCUT2D eigenvalue weighted by atomic mass is 10.2. The Morgan fingerprint density at radius 2 is 2.05 bits per heavy atom. The first-order valence-corrected chi connectivity index (χ1v) is 7.61. The van der Waals surface area contributed by atoms with Crippen molar-refractivity contribution in [2.45, 2.75) is 31.3 Å². The Bertz CT molecular complexity index is 628. The van der Waals surface area contributed by atoms with E-state index in [2.05, 4.69) is 4.98 Å². The van der Waals surface area contributed by atoms with Crippen LogP contribution in [0.3, 0.4) is 0 Å². The maximum Gasteiger partial charge on any atom is 0.168 e. The number of aryl methyl sites for hydroxylation is 1. The number of benzene rings is 1. The summed E-state index contributed by atoms with van der Waals surface area (Å²) in [6.45, 7) is 5.20. The Hall–Kier alpha value is -1.40. The third kappa shape index (κ3) is 3.63. The maximum atomic E-state index is 13.7. The van der Waals surface area contributed by atoms with Crippen molar-refractivity contribution in [2.75, 3.05) is 13.7 Å². The van der Waals surface area contributed by atoms with Crippen LogP contribution in [0, 0.1) is 25.5 Å². The summed E-state index contributed by atoms with van der Waals surface area (Å²) >= 11 is 1.40. The SMILES string of the molecule is COCCn1c(SCc2cccc(F)c2F)nc(C)c1C. The summed E-state index contributed by atoms with van der Waals surface area (Å²) in [6.07, 6.45) is 0. The van der Waals surface area contributed by atoms with Gasteiger partial charge in [-0.15, -0.1) is 0 Å². The molecule has 0 aliphatic carbocycles. The molecule has 0 bridgehead atoms. The number of aromatic nitrogens is 2. The quantitative estimate of drug-likeness (QED) is 0.761. The molecule has 1 aromatic heterocycles. The van der Waals surface area contributed by atoms with Gasteiger partial charge in [0.15, 0.2) is 16.8 Å². The minimum atomic E-state index is -0.816. The lowest BCUT2D eigenvalue weighted by Gasteiger charge is -2.09. The highest BCUT2D eigenvalue weighted by Crippen LogP contribution is 2.26. The van der Waals surface area contributed by atoms with Crippen molar-refractivity contribution in [3.05, 3.63) is 46.8 Å². The lowest BCUT2D eigenvalue weighted by Crippen LogP contribution is -2.07. The molecule has 0 N–H and O–H groups in total. The largest absolute Gasteiger partial charge is 0.383 e. The van der Waals surface area contributed by atoms with Gasteiger partial charge < -0.3 is 9.30 Å². The molecular weight excluding hydrogens is 294 g/mol. The number of hydrogen-bond acceptors (Lipinski definition) is 3. The van der Waals surface area contributed by atoms with Crippen molar-refractivity contribution in [1.82, 2.24) is 9.55 Å². The average Bonchev–Trinajstić information content (AvgIpc) is 2.73. The number of halogens is 2. The van der Waals surface area contributed by atoms with Gasteiger partial charge in [0.05, 0.1) is 12.3 Å². The van der Waals surface area contributed by atoms with Crippen molar-refractivity contribution in [3.63, 3.8) is 0 Å². The zero-order chi connectivity index (χ0) is 15.4. The normalized spacial score (nSPS) is 11.1. The fraction of sp³-hybridized carbons (Fsp3) is 0.400. The van der Waals surface area contributed by atoms with Gasteiger partial charge in [0.1, 0.15) is 0 Å². The Morgan fingerprint density at radius 3 is 2.76 bits per heavy atom. The predicted octanol–water partition coefficient (Wildman–Crippen LogP) is 3.72. The van der Waals surface area contributed by atoms with Crippen LogP contribution in [0.1, 0.15) is 17.0 Å². The first kappa shape index (κ1) is 16.0. The van der Waals surface area contributed by atoms with Crippen molar-refractivity contribution in [1.29, 1.82) is 0 Å².